The summed E-state index contributed by atoms with van der Waals surface area (Å²) in [6.45, 7) is 0. The normalized spacial score (nSPS) is 17.4. The molecule has 0 saturated heterocycles. The van der Waals surface area contributed by atoms with Crippen molar-refractivity contribution in [1.82, 2.24) is 4.98 Å². The number of aromatic amines is 1. The molecule has 1 aromatic heterocycles. The number of halogens is 1. The summed E-state index contributed by atoms with van der Waals surface area (Å²) in [7, 11) is 0. The van der Waals surface area contributed by atoms with E-state index in [1.165, 1.54) is 5.39 Å². The Morgan fingerprint density at radius 3 is 3.05 bits per heavy atom. The molecule has 0 amide bonds. The number of fused-ring (bicyclic) bond motifs is 2. The number of anilines is 1. The molecule has 1 aliphatic rings. The minimum atomic E-state index is -0.0760. The molecule has 0 bridgehead atoms. The highest BCUT2D eigenvalue weighted by Gasteiger charge is 2.24. The van der Waals surface area contributed by atoms with Gasteiger partial charge < -0.3 is 10.3 Å². The van der Waals surface area contributed by atoms with Crippen LogP contribution in [0.1, 0.15) is 23.6 Å². The number of benzene rings is 2. The van der Waals surface area contributed by atoms with Crippen molar-refractivity contribution in [2.75, 3.05) is 5.32 Å². The molecule has 20 heavy (non-hydrogen) atoms. The predicted molar refractivity (Wildman–Crippen MR) is 79.4 cm³/mol. The molecule has 1 atom stereocenters. The maximum absolute atomic E-state index is 13.7. The van der Waals surface area contributed by atoms with Gasteiger partial charge in [-0.15, -0.1) is 0 Å². The Morgan fingerprint density at radius 1 is 1.15 bits per heavy atom. The van der Waals surface area contributed by atoms with Crippen molar-refractivity contribution in [3.05, 3.63) is 65.6 Å². The average molecular weight is 266 g/mol. The SMILES string of the molecule is Fc1cccc2c1CCC2Nc1ccc2[nH]ccc2c1. The highest BCUT2D eigenvalue weighted by molar-refractivity contribution is 5.83. The van der Waals surface area contributed by atoms with Crippen molar-refractivity contribution >= 4 is 16.6 Å². The van der Waals surface area contributed by atoms with Crippen LogP contribution in [0.3, 0.4) is 0 Å². The van der Waals surface area contributed by atoms with E-state index in [0.29, 0.717) is 0 Å². The van der Waals surface area contributed by atoms with Crippen LogP contribution in [0.25, 0.3) is 10.9 Å². The number of aromatic nitrogens is 1. The van der Waals surface area contributed by atoms with E-state index in [1.807, 2.05) is 12.3 Å². The van der Waals surface area contributed by atoms with E-state index in [9.17, 15) is 4.39 Å². The van der Waals surface area contributed by atoms with Crippen LogP contribution in [0.2, 0.25) is 0 Å². The number of hydrogen-bond donors (Lipinski definition) is 2. The molecule has 4 rings (SSSR count). The van der Waals surface area contributed by atoms with E-state index in [4.69, 9.17) is 0 Å². The van der Waals surface area contributed by atoms with Crippen molar-refractivity contribution in [1.29, 1.82) is 0 Å². The molecule has 0 saturated carbocycles. The van der Waals surface area contributed by atoms with Crippen LogP contribution >= 0.6 is 0 Å². The Kier molecular flexibility index (Phi) is 2.52. The van der Waals surface area contributed by atoms with Gasteiger partial charge >= 0.3 is 0 Å². The molecule has 0 aliphatic heterocycles. The second-order valence-corrected chi connectivity index (χ2v) is 5.32. The first-order valence-electron chi connectivity index (χ1n) is 6.92. The zero-order valence-electron chi connectivity index (χ0n) is 11.0. The average Bonchev–Trinajstić information content (AvgIpc) is 3.06. The summed E-state index contributed by atoms with van der Waals surface area (Å²) in [6.07, 6.45) is 3.70. The minimum Gasteiger partial charge on any atom is -0.378 e. The molecular weight excluding hydrogens is 251 g/mol. The first-order chi connectivity index (χ1) is 9.81. The van der Waals surface area contributed by atoms with E-state index < -0.39 is 0 Å². The highest BCUT2D eigenvalue weighted by atomic mass is 19.1. The van der Waals surface area contributed by atoms with Gasteiger partial charge in [0.05, 0.1) is 6.04 Å². The highest BCUT2D eigenvalue weighted by Crippen LogP contribution is 2.35. The van der Waals surface area contributed by atoms with Gasteiger partial charge in [-0.2, -0.15) is 0 Å². The predicted octanol–water partition coefficient (Wildman–Crippen LogP) is 4.41. The summed E-state index contributed by atoms with van der Waals surface area (Å²) in [6, 6.07) is 13.9. The van der Waals surface area contributed by atoms with Crippen LogP contribution in [0.15, 0.2) is 48.7 Å². The number of nitrogens with one attached hydrogen (secondary N) is 2. The summed E-state index contributed by atoms with van der Waals surface area (Å²) in [4.78, 5) is 3.19. The largest absolute Gasteiger partial charge is 0.378 e. The molecule has 1 aliphatic carbocycles. The summed E-state index contributed by atoms with van der Waals surface area (Å²) in [5.41, 5.74) is 4.18. The van der Waals surface area contributed by atoms with Crippen LogP contribution in [-0.2, 0) is 6.42 Å². The molecule has 3 aromatic rings. The fraction of sp³-hybridized carbons (Fsp3) is 0.176. The quantitative estimate of drug-likeness (QED) is 0.706. The van der Waals surface area contributed by atoms with Gasteiger partial charge in [-0.05, 0) is 54.3 Å². The molecule has 1 unspecified atom stereocenters. The molecule has 2 N–H and O–H groups in total. The number of H-pyrrole nitrogens is 1. The zero-order chi connectivity index (χ0) is 13.5. The van der Waals surface area contributed by atoms with Gasteiger partial charge in [-0.3, -0.25) is 0 Å². The van der Waals surface area contributed by atoms with E-state index in [-0.39, 0.29) is 11.9 Å². The van der Waals surface area contributed by atoms with Gasteiger partial charge in [0, 0.05) is 22.8 Å². The van der Waals surface area contributed by atoms with Crippen molar-refractivity contribution in [2.24, 2.45) is 0 Å². The molecular formula is C17H15FN2. The van der Waals surface area contributed by atoms with Crippen LogP contribution < -0.4 is 5.32 Å². The summed E-state index contributed by atoms with van der Waals surface area (Å²) in [5.74, 6) is -0.0760. The molecule has 0 radical (unpaired) electrons. The lowest BCUT2D eigenvalue weighted by Crippen LogP contribution is -2.07. The van der Waals surface area contributed by atoms with E-state index in [0.717, 1.165) is 35.2 Å². The van der Waals surface area contributed by atoms with Gasteiger partial charge in [-0.25, -0.2) is 4.39 Å². The second kappa shape index (κ2) is 4.37. The fourth-order valence-electron chi connectivity index (χ4n) is 3.10. The molecule has 100 valence electrons. The van der Waals surface area contributed by atoms with E-state index >= 15 is 0 Å². The third-order valence-corrected chi connectivity index (χ3v) is 4.11. The van der Waals surface area contributed by atoms with Crippen LogP contribution in [0.4, 0.5) is 10.1 Å². The first-order valence-corrected chi connectivity index (χ1v) is 6.92. The maximum Gasteiger partial charge on any atom is 0.126 e. The lowest BCUT2D eigenvalue weighted by atomic mass is 10.1. The zero-order valence-corrected chi connectivity index (χ0v) is 11.0. The van der Waals surface area contributed by atoms with Gasteiger partial charge in [-0.1, -0.05) is 12.1 Å². The number of hydrogen-bond acceptors (Lipinski definition) is 1. The molecule has 2 nitrogen and oxygen atoms in total. The van der Waals surface area contributed by atoms with Crippen molar-refractivity contribution in [3.63, 3.8) is 0 Å². The van der Waals surface area contributed by atoms with Gasteiger partial charge in [0.25, 0.3) is 0 Å². The first kappa shape index (κ1) is 11.5. The second-order valence-electron chi connectivity index (χ2n) is 5.32. The minimum absolute atomic E-state index is 0.0760. The van der Waals surface area contributed by atoms with Crippen LogP contribution in [0, 0.1) is 5.82 Å². The monoisotopic (exact) mass is 266 g/mol. The Labute approximate surface area is 116 Å². The summed E-state index contributed by atoms with van der Waals surface area (Å²) in [5, 5.41) is 4.71. The smallest absolute Gasteiger partial charge is 0.126 e. The van der Waals surface area contributed by atoms with Crippen molar-refractivity contribution in [3.8, 4) is 0 Å². The van der Waals surface area contributed by atoms with Crippen molar-refractivity contribution in [2.45, 2.75) is 18.9 Å². The Balaban J connectivity index is 1.66. The molecule has 2 aromatic carbocycles. The molecule has 0 fully saturated rings. The Hall–Kier alpha value is -2.29. The third-order valence-electron chi connectivity index (χ3n) is 4.11. The summed E-state index contributed by atoms with van der Waals surface area (Å²) < 4.78 is 13.7. The van der Waals surface area contributed by atoms with Gasteiger partial charge in [0.2, 0.25) is 0 Å². The number of rotatable bonds is 2. The standard InChI is InChI=1S/C17H15FN2/c18-15-3-1-2-14-13(15)5-7-17(14)20-12-4-6-16-11(10-12)8-9-19-16/h1-4,6,8-10,17,19-20H,5,7H2. The topological polar surface area (TPSA) is 27.8 Å². The van der Waals surface area contributed by atoms with Crippen LogP contribution in [-0.4, -0.2) is 4.98 Å². The lowest BCUT2D eigenvalue weighted by molar-refractivity contribution is 0.612. The fourth-order valence-corrected chi connectivity index (χ4v) is 3.10. The molecule has 3 heteroatoms. The molecule has 0 spiro atoms. The summed E-state index contributed by atoms with van der Waals surface area (Å²) >= 11 is 0. The van der Waals surface area contributed by atoms with E-state index in [2.05, 4.69) is 34.6 Å². The van der Waals surface area contributed by atoms with E-state index in [1.54, 1.807) is 12.1 Å². The van der Waals surface area contributed by atoms with Gasteiger partial charge in [0.1, 0.15) is 5.82 Å². The Morgan fingerprint density at radius 2 is 2.10 bits per heavy atom. The molecule has 1 heterocycles. The third kappa shape index (κ3) is 1.78. The lowest BCUT2D eigenvalue weighted by Gasteiger charge is -2.15. The van der Waals surface area contributed by atoms with Crippen LogP contribution in [0.5, 0.6) is 0 Å². The van der Waals surface area contributed by atoms with Gasteiger partial charge in [0.15, 0.2) is 0 Å². The maximum atomic E-state index is 13.7. The van der Waals surface area contributed by atoms with Crippen molar-refractivity contribution < 1.29 is 4.39 Å². The Bertz CT molecular complexity index is 776.